The zero-order valence-corrected chi connectivity index (χ0v) is 22.8. The molecule has 196 valence electrons. The van der Waals surface area contributed by atoms with E-state index in [1.807, 2.05) is 37.7 Å². The second kappa shape index (κ2) is 10.2. The first-order valence-electron chi connectivity index (χ1n) is 13.3. The number of carbonyl (C=O) groups is 1. The van der Waals surface area contributed by atoms with Crippen molar-refractivity contribution < 1.29 is 9.53 Å². The number of aromatic nitrogens is 4. The molecule has 4 heterocycles. The van der Waals surface area contributed by atoms with Crippen molar-refractivity contribution in [3.8, 4) is 17.1 Å². The number of ether oxygens (including phenoxy) is 1. The first-order valence-corrected chi connectivity index (χ1v) is 13.3. The normalized spacial score (nSPS) is 15.0. The van der Waals surface area contributed by atoms with Gasteiger partial charge in [-0.2, -0.15) is 4.52 Å². The SMILES string of the molecule is CCOc1cc(-c2[nH]c3ccc(C4CCN(C(=O)CN(C)C)CC4)cc3c2C(C)C)cc2nc(C)nn12. The first kappa shape index (κ1) is 25.3. The fraction of sp³-hybridized carbons (Fsp3) is 0.483. The van der Waals surface area contributed by atoms with E-state index < -0.39 is 0 Å². The summed E-state index contributed by atoms with van der Waals surface area (Å²) in [6.45, 7) is 11.1. The number of fused-ring (bicyclic) bond motifs is 2. The molecule has 0 unspecified atom stereocenters. The van der Waals surface area contributed by atoms with Gasteiger partial charge in [0.15, 0.2) is 5.65 Å². The zero-order chi connectivity index (χ0) is 26.3. The number of H-pyrrole nitrogens is 1. The Labute approximate surface area is 218 Å². The summed E-state index contributed by atoms with van der Waals surface area (Å²) < 4.78 is 7.70. The Morgan fingerprint density at radius 1 is 1.19 bits per heavy atom. The minimum absolute atomic E-state index is 0.225. The van der Waals surface area contributed by atoms with E-state index in [1.54, 1.807) is 4.52 Å². The van der Waals surface area contributed by atoms with Gasteiger partial charge in [-0.1, -0.05) is 19.9 Å². The Balaban J connectivity index is 1.49. The van der Waals surface area contributed by atoms with Crippen molar-refractivity contribution in [1.82, 2.24) is 29.4 Å². The number of likely N-dealkylation sites (tertiary alicyclic amines) is 1. The number of carbonyl (C=O) groups excluding carboxylic acids is 1. The lowest BCUT2D eigenvalue weighted by molar-refractivity contribution is -0.132. The number of rotatable bonds is 7. The standard InChI is InChI=1S/C29H38N6O2/c1-7-37-27-16-22(15-25-30-19(4)32-35(25)27)29-28(18(2)3)23-14-21(8-9-24(23)31-29)20-10-12-34(13-11-20)26(36)17-33(5)6/h8-9,14-16,18,20,31H,7,10-13,17H2,1-6H3. The molecule has 0 atom stereocenters. The second-order valence-electron chi connectivity index (χ2n) is 10.7. The van der Waals surface area contributed by atoms with Crippen LogP contribution in [0.25, 0.3) is 27.8 Å². The molecule has 5 rings (SSSR count). The predicted octanol–water partition coefficient (Wildman–Crippen LogP) is 4.98. The molecule has 4 aromatic rings. The predicted molar refractivity (Wildman–Crippen MR) is 147 cm³/mol. The average molecular weight is 503 g/mol. The molecule has 0 spiro atoms. The number of pyridine rings is 1. The van der Waals surface area contributed by atoms with Crippen LogP contribution in [0.1, 0.15) is 62.4 Å². The maximum Gasteiger partial charge on any atom is 0.236 e. The molecule has 0 aliphatic carbocycles. The van der Waals surface area contributed by atoms with Crippen molar-refractivity contribution >= 4 is 22.5 Å². The van der Waals surface area contributed by atoms with E-state index in [9.17, 15) is 4.79 Å². The van der Waals surface area contributed by atoms with E-state index in [-0.39, 0.29) is 5.91 Å². The molecule has 1 aliphatic rings. The highest BCUT2D eigenvalue weighted by atomic mass is 16.5. The number of nitrogens with zero attached hydrogens (tertiary/aromatic N) is 5. The summed E-state index contributed by atoms with van der Waals surface area (Å²) in [5, 5.41) is 5.77. The Morgan fingerprint density at radius 3 is 2.62 bits per heavy atom. The number of likely N-dealkylation sites (N-methyl/N-ethyl adjacent to an activating group) is 1. The minimum Gasteiger partial charge on any atom is -0.478 e. The van der Waals surface area contributed by atoms with Crippen LogP contribution in [0.4, 0.5) is 0 Å². The van der Waals surface area contributed by atoms with Crippen molar-refractivity contribution in [3.63, 3.8) is 0 Å². The topological polar surface area (TPSA) is 78.8 Å². The van der Waals surface area contributed by atoms with Crippen molar-refractivity contribution in [2.45, 2.75) is 52.4 Å². The van der Waals surface area contributed by atoms with E-state index in [1.165, 1.54) is 16.5 Å². The van der Waals surface area contributed by atoms with E-state index >= 15 is 0 Å². The summed E-state index contributed by atoms with van der Waals surface area (Å²) in [7, 11) is 3.89. The maximum absolute atomic E-state index is 12.5. The molecule has 3 aromatic heterocycles. The summed E-state index contributed by atoms with van der Waals surface area (Å²) in [4.78, 5) is 24.8. The zero-order valence-electron chi connectivity index (χ0n) is 22.8. The number of amides is 1. The minimum atomic E-state index is 0.225. The van der Waals surface area contributed by atoms with Crippen LogP contribution in [0.3, 0.4) is 0 Å². The highest BCUT2D eigenvalue weighted by Gasteiger charge is 2.25. The van der Waals surface area contributed by atoms with Gasteiger partial charge in [-0.15, -0.1) is 5.10 Å². The third-order valence-corrected chi connectivity index (χ3v) is 7.30. The van der Waals surface area contributed by atoms with Gasteiger partial charge >= 0.3 is 0 Å². The molecule has 1 saturated heterocycles. The quantitative estimate of drug-likeness (QED) is 0.386. The van der Waals surface area contributed by atoms with E-state index in [4.69, 9.17) is 4.74 Å². The van der Waals surface area contributed by atoms with Crippen LogP contribution < -0.4 is 4.74 Å². The molecule has 0 saturated carbocycles. The maximum atomic E-state index is 12.5. The number of hydrogen-bond donors (Lipinski definition) is 1. The molecule has 0 bridgehead atoms. The lowest BCUT2D eigenvalue weighted by atomic mass is 9.87. The number of aromatic amines is 1. The van der Waals surface area contributed by atoms with Gasteiger partial charge in [0.1, 0.15) is 5.82 Å². The number of hydrogen-bond acceptors (Lipinski definition) is 5. The molecule has 1 aromatic carbocycles. The number of nitrogens with one attached hydrogen (secondary N) is 1. The molecule has 1 aliphatic heterocycles. The Kier molecular flexibility index (Phi) is 6.94. The summed E-state index contributed by atoms with van der Waals surface area (Å²) >= 11 is 0. The van der Waals surface area contributed by atoms with Crippen LogP contribution >= 0.6 is 0 Å². The Morgan fingerprint density at radius 2 is 1.95 bits per heavy atom. The molecule has 1 fully saturated rings. The van der Waals surface area contributed by atoms with E-state index in [2.05, 4.69) is 59.2 Å². The third kappa shape index (κ3) is 4.94. The average Bonchev–Trinajstić information content (AvgIpc) is 3.43. The lowest BCUT2D eigenvalue weighted by Gasteiger charge is -2.33. The van der Waals surface area contributed by atoms with Gasteiger partial charge in [0, 0.05) is 35.6 Å². The fourth-order valence-electron chi connectivity index (χ4n) is 5.60. The third-order valence-electron chi connectivity index (χ3n) is 7.30. The number of piperidine rings is 1. The lowest BCUT2D eigenvalue weighted by Crippen LogP contribution is -2.42. The summed E-state index contributed by atoms with van der Waals surface area (Å²) in [6, 6.07) is 11.0. The first-order chi connectivity index (χ1) is 17.7. The van der Waals surface area contributed by atoms with Gasteiger partial charge < -0.3 is 19.5 Å². The molecule has 8 heteroatoms. The monoisotopic (exact) mass is 502 g/mol. The van der Waals surface area contributed by atoms with Crippen LogP contribution in [-0.2, 0) is 4.79 Å². The Hall–Kier alpha value is -3.39. The van der Waals surface area contributed by atoms with Crippen LogP contribution in [0.2, 0.25) is 0 Å². The van der Waals surface area contributed by atoms with Crippen LogP contribution in [-0.4, -0.2) is 75.6 Å². The van der Waals surface area contributed by atoms with Gasteiger partial charge in [0.2, 0.25) is 11.8 Å². The number of benzene rings is 1. The van der Waals surface area contributed by atoms with Gasteiger partial charge in [-0.3, -0.25) is 4.79 Å². The molecule has 1 amide bonds. The van der Waals surface area contributed by atoms with E-state index in [0.717, 1.165) is 54.2 Å². The summed E-state index contributed by atoms with van der Waals surface area (Å²) in [5.41, 5.74) is 6.74. The molecular formula is C29H38N6O2. The van der Waals surface area contributed by atoms with Crippen molar-refractivity contribution in [1.29, 1.82) is 0 Å². The number of aryl methyl sites for hydroxylation is 1. The van der Waals surface area contributed by atoms with Gasteiger partial charge in [-0.05, 0) is 81.9 Å². The van der Waals surface area contributed by atoms with Crippen LogP contribution in [0, 0.1) is 6.92 Å². The highest BCUT2D eigenvalue weighted by Crippen LogP contribution is 2.39. The van der Waals surface area contributed by atoms with Gasteiger partial charge in [-0.25, -0.2) is 4.98 Å². The largest absolute Gasteiger partial charge is 0.478 e. The van der Waals surface area contributed by atoms with Crippen LogP contribution in [0.5, 0.6) is 5.88 Å². The second-order valence-corrected chi connectivity index (χ2v) is 10.7. The molecule has 1 N–H and O–H groups in total. The molecule has 8 nitrogen and oxygen atoms in total. The smallest absolute Gasteiger partial charge is 0.236 e. The van der Waals surface area contributed by atoms with Gasteiger partial charge in [0.25, 0.3) is 0 Å². The van der Waals surface area contributed by atoms with Crippen molar-refractivity contribution in [2.75, 3.05) is 40.3 Å². The van der Waals surface area contributed by atoms with Crippen molar-refractivity contribution in [3.05, 3.63) is 47.3 Å². The highest BCUT2D eigenvalue weighted by molar-refractivity contribution is 5.92. The van der Waals surface area contributed by atoms with E-state index in [0.29, 0.717) is 30.9 Å². The van der Waals surface area contributed by atoms with Gasteiger partial charge in [0.05, 0.1) is 18.8 Å². The van der Waals surface area contributed by atoms with Crippen LogP contribution in [0.15, 0.2) is 30.3 Å². The summed E-state index contributed by atoms with van der Waals surface area (Å²) in [5.74, 6) is 2.43. The fourth-order valence-corrected chi connectivity index (χ4v) is 5.60. The Bertz CT molecular complexity index is 1430. The van der Waals surface area contributed by atoms with Crippen molar-refractivity contribution in [2.24, 2.45) is 0 Å². The molecule has 0 radical (unpaired) electrons. The molecular weight excluding hydrogens is 464 g/mol. The molecule has 37 heavy (non-hydrogen) atoms. The summed E-state index contributed by atoms with van der Waals surface area (Å²) in [6.07, 6.45) is 2.00.